The monoisotopic (exact) mass is 459 g/mol. The summed E-state index contributed by atoms with van der Waals surface area (Å²) >= 11 is 1.22. The molecule has 6 nitrogen and oxygen atoms in total. The number of benzene rings is 3. The Morgan fingerprint density at radius 1 is 1.00 bits per heavy atom. The van der Waals surface area contributed by atoms with Crippen molar-refractivity contribution in [2.45, 2.75) is 25.4 Å². The van der Waals surface area contributed by atoms with Crippen LogP contribution in [0.15, 0.2) is 82.7 Å². The molecule has 3 aromatic carbocycles. The summed E-state index contributed by atoms with van der Waals surface area (Å²) in [7, 11) is 0. The second kappa shape index (κ2) is 10.4. The number of aryl methyl sites for hydroxylation is 1. The highest BCUT2D eigenvalue weighted by Crippen LogP contribution is 2.27. The van der Waals surface area contributed by atoms with Gasteiger partial charge < -0.3 is 10.1 Å². The zero-order valence-electron chi connectivity index (χ0n) is 18.6. The van der Waals surface area contributed by atoms with Crippen molar-refractivity contribution in [3.8, 4) is 11.4 Å². The third kappa shape index (κ3) is 5.09. The van der Waals surface area contributed by atoms with Crippen molar-refractivity contribution >= 4 is 34.3 Å². The van der Waals surface area contributed by atoms with Crippen molar-refractivity contribution < 1.29 is 9.53 Å². The van der Waals surface area contributed by atoms with Crippen LogP contribution in [0.5, 0.6) is 5.75 Å². The van der Waals surface area contributed by atoms with Gasteiger partial charge in [0.15, 0.2) is 5.16 Å². The number of carbonyl (C=O) groups excluding carboxylic acids is 1. The molecule has 0 aliphatic carbocycles. The zero-order valence-corrected chi connectivity index (χ0v) is 19.4. The highest BCUT2D eigenvalue weighted by molar-refractivity contribution is 7.99. The summed E-state index contributed by atoms with van der Waals surface area (Å²) in [6, 6.07) is 22.3. The summed E-state index contributed by atoms with van der Waals surface area (Å²) in [5.41, 5.74) is 2.93. The number of hydrogen-bond acceptors (Lipinski definition) is 5. The number of nitrogens with one attached hydrogen (secondary N) is 1. The molecule has 1 heterocycles. The molecule has 33 heavy (non-hydrogen) atoms. The molecule has 0 aliphatic heterocycles. The summed E-state index contributed by atoms with van der Waals surface area (Å²) < 4.78 is 7.29. The van der Waals surface area contributed by atoms with Crippen LogP contribution in [0, 0.1) is 0 Å². The molecule has 0 atom stereocenters. The summed E-state index contributed by atoms with van der Waals surface area (Å²) in [4.78, 5) is 30.8. The van der Waals surface area contributed by atoms with Gasteiger partial charge in [0.05, 0.1) is 29.0 Å². The molecule has 1 amide bonds. The first-order chi connectivity index (χ1) is 16.1. The first kappa shape index (κ1) is 22.6. The maximum absolute atomic E-state index is 13.5. The smallest absolute Gasteiger partial charge is 0.266 e. The lowest BCUT2D eigenvalue weighted by molar-refractivity contribution is -0.113. The SMILES string of the molecule is CCOc1ccccc1-n1c(SCC(=O)Nc2ccc(CC)cc2)nc2ccccc2c1=O. The number of ether oxygens (including phenoxy) is 1. The number of thioether (sulfide) groups is 1. The van der Waals surface area contributed by atoms with Crippen molar-refractivity contribution in [2.24, 2.45) is 0 Å². The Labute approximate surface area is 196 Å². The second-order valence-electron chi connectivity index (χ2n) is 7.34. The van der Waals surface area contributed by atoms with Crippen LogP contribution in [0.2, 0.25) is 0 Å². The molecule has 168 valence electrons. The van der Waals surface area contributed by atoms with Crippen molar-refractivity contribution in [1.29, 1.82) is 0 Å². The molecule has 0 unspecified atom stereocenters. The first-order valence-corrected chi connectivity index (χ1v) is 11.8. The Balaban J connectivity index is 1.67. The van der Waals surface area contributed by atoms with Crippen LogP contribution in [0.1, 0.15) is 19.4 Å². The number of carbonyl (C=O) groups is 1. The molecular formula is C26H25N3O3S. The van der Waals surface area contributed by atoms with Crippen molar-refractivity contribution in [3.63, 3.8) is 0 Å². The second-order valence-corrected chi connectivity index (χ2v) is 8.28. The minimum atomic E-state index is -0.203. The zero-order chi connectivity index (χ0) is 23.2. The topological polar surface area (TPSA) is 73.2 Å². The number of hydrogen-bond donors (Lipinski definition) is 1. The number of amides is 1. The molecule has 0 saturated carbocycles. The van der Waals surface area contributed by atoms with Gasteiger partial charge >= 0.3 is 0 Å². The van der Waals surface area contributed by atoms with E-state index in [0.717, 1.165) is 12.1 Å². The number of rotatable bonds is 8. The minimum Gasteiger partial charge on any atom is -0.492 e. The fraction of sp³-hybridized carbons (Fsp3) is 0.192. The van der Waals surface area contributed by atoms with Gasteiger partial charge in [0.1, 0.15) is 5.75 Å². The minimum absolute atomic E-state index is 0.108. The van der Waals surface area contributed by atoms with E-state index < -0.39 is 0 Å². The average molecular weight is 460 g/mol. The van der Waals surface area contributed by atoms with Gasteiger partial charge in [-0.2, -0.15) is 0 Å². The fourth-order valence-corrected chi connectivity index (χ4v) is 4.30. The van der Waals surface area contributed by atoms with Gasteiger partial charge in [0.25, 0.3) is 5.56 Å². The fourth-order valence-electron chi connectivity index (χ4n) is 3.49. The summed E-state index contributed by atoms with van der Waals surface area (Å²) in [5, 5.41) is 3.85. The molecule has 0 saturated heterocycles. The van der Waals surface area contributed by atoms with Crippen molar-refractivity contribution in [2.75, 3.05) is 17.7 Å². The average Bonchev–Trinajstić information content (AvgIpc) is 2.84. The lowest BCUT2D eigenvalue weighted by Gasteiger charge is -2.16. The first-order valence-electron chi connectivity index (χ1n) is 10.9. The maximum Gasteiger partial charge on any atom is 0.266 e. The van der Waals surface area contributed by atoms with Crippen molar-refractivity contribution in [1.82, 2.24) is 9.55 Å². The Morgan fingerprint density at radius 2 is 1.73 bits per heavy atom. The van der Waals surface area contributed by atoms with Crippen LogP contribution in [0.3, 0.4) is 0 Å². The van der Waals surface area contributed by atoms with E-state index in [4.69, 9.17) is 9.72 Å². The molecule has 0 aliphatic rings. The van der Waals surface area contributed by atoms with Crippen LogP contribution < -0.4 is 15.6 Å². The number of aromatic nitrogens is 2. The molecule has 0 fully saturated rings. The van der Waals surface area contributed by atoms with Crippen LogP contribution in [0.25, 0.3) is 16.6 Å². The molecule has 1 aromatic heterocycles. The molecule has 0 bridgehead atoms. The highest BCUT2D eigenvalue weighted by Gasteiger charge is 2.17. The van der Waals surface area contributed by atoms with Crippen molar-refractivity contribution in [3.05, 3.63) is 88.7 Å². The molecule has 1 N–H and O–H groups in total. The summed E-state index contributed by atoms with van der Waals surface area (Å²) in [6.45, 7) is 4.45. The highest BCUT2D eigenvalue weighted by atomic mass is 32.2. The maximum atomic E-state index is 13.5. The summed E-state index contributed by atoms with van der Waals surface area (Å²) in [6.07, 6.45) is 0.943. The molecule has 4 rings (SSSR count). The number of fused-ring (bicyclic) bond motifs is 1. The Hall–Kier alpha value is -3.58. The molecular weight excluding hydrogens is 434 g/mol. The Morgan fingerprint density at radius 3 is 2.48 bits per heavy atom. The van der Waals surface area contributed by atoms with Gasteiger partial charge in [0.2, 0.25) is 5.91 Å². The van der Waals surface area contributed by atoms with E-state index in [9.17, 15) is 9.59 Å². The normalized spacial score (nSPS) is 10.8. The number of nitrogens with zero attached hydrogens (tertiary/aromatic N) is 2. The molecule has 0 radical (unpaired) electrons. The standard InChI is InChI=1S/C26H25N3O3S/c1-3-18-13-15-19(16-14-18)27-24(30)17-33-26-28-21-10-6-5-9-20(21)25(31)29(26)22-11-7-8-12-23(22)32-4-2/h5-16H,3-4,17H2,1-2H3,(H,27,30). The molecule has 4 aromatic rings. The third-order valence-electron chi connectivity index (χ3n) is 5.13. The third-order valence-corrected chi connectivity index (χ3v) is 6.07. The predicted molar refractivity (Wildman–Crippen MR) is 134 cm³/mol. The molecule has 7 heteroatoms. The van der Waals surface area contributed by atoms with Gasteiger partial charge in [-0.3, -0.25) is 14.2 Å². The van der Waals surface area contributed by atoms with Crippen LogP contribution in [-0.4, -0.2) is 27.8 Å². The Bertz CT molecular complexity index is 1330. The Kier molecular flexibility index (Phi) is 7.10. The van der Waals surface area contributed by atoms with E-state index in [2.05, 4.69) is 12.2 Å². The lowest BCUT2D eigenvalue weighted by atomic mass is 10.1. The largest absolute Gasteiger partial charge is 0.492 e. The van der Waals surface area contributed by atoms with E-state index in [1.165, 1.54) is 21.9 Å². The van der Waals surface area contributed by atoms with E-state index in [1.807, 2.05) is 67.6 Å². The molecule has 0 spiro atoms. The van der Waals surface area contributed by atoms with Gasteiger partial charge in [-0.25, -0.2) is 4.98 Å². The van der Waals surface area contributed by atoms with Gasteiger partial charge in [-0.1, -0.05) is 55.1 Å². The van der Waals surface area contributed by atoms with Gasteiger partial charge in [-0.15, -0.1) is 0 Å². The van der Waals surface area contributed by atoms with E-state index in [1.54, 1.807) is 12.1 Å². The number of anilines is 1. The van der Waals surface area contributed by atoms with Crippen LogP contribution >= 0.6 is 11.8 Å². The van der Waals surface area contributed by atoms with E-state index >= 15 is 0 Å². The number of para-hydroxylation sites is 3. The van der Waals surface area contributed by atoms with Crippen LogP contribution in [-0.2, 0) is 11.2 Å². The summed E-state index contributed by atoms with van der Waals surface area (Å²) in [5.74, 6) is 0.523. The van der Waals surface area contributed by atoms with Gasteiger partial charge in [-0.05, 0) is 55.3 Å². The lowest BCUT2D eigenvalue weighted by Crippen LogP contribution is -2.23. The van der Waals surface area contributed by atoms with E-state index in [-0.39, 0.29) is 17.2 Å². The predicted octanol–water partition coefficient (Wildman–Crippen LogP) is 5.08. The van der Waals surface area contributed by atoms with E-state index in [0.29, 0.717) is 34.1 Å². The van der Waals surface area contributed by atoms with Gasteiger partial charge in [0, 0.05) is 5.69 Å². The van der Waals surface area contributed by atoms with Crippen LogP contribution in [0.4, 0.5) is 5.69 Å². The quantitative estimate of drug-likeness (QED) is 0.294.